The first-order chi connectivity index (χ1) is 6.79. The first kappa shape index (κ1) is 11.3. The monoisotopic (exact) mass is 221 g/mol. The van der Waals surface area contributed by atoms with Crippen molar-refractivity contribution in [1.82, 2.24) is 4.98 Å². The van der Waals surface area contributed by atoms with E-state index in [4.69, 9.17) is 5.11 Å². The number of aliphatic carboxylic acids is 1. The van der Waals surface area contributed by atoms with Crippen LogP contribution in [0.4, 0.5) is 13.2 Å². The smallest absolute Gasteiger partial charge is 0.416 e. The van der Waals surface area contributed by atoms with Crippen LogP contribution < -0.4 is 5.56 Å². The van der Waals surface area contributed by atoms with Crippen LogP contribution in [-0.4, -0.2) is 16.1 Å². The first-order valence-corrected chi connectivity index (χ1v) is 3.81. The fourth-order valence-electron chi connectivity index (χ4n) is 1.02. The van der Waals surface area contributed by atoms with Gasteiger partial charge in [-0.25, -0.2) is 0 Å². The van der Waals surface area contributed by atoms with Crippen molar-refractivity contribution in [3.05, 3.63) is 33.7 Å². The fourth-order valence-corrected chi connectivity index (χ4v) is 1.02. The Morgan fingerprint density at radius 3 is 2.47 bits per heavy atom. The molecule has 0 aliphatic carbocycles. The lowest BCUT2D eigenvalue weighted by Crippen LogP contribution is -2.16. The highest BCUT2D eigenvalue weighted by molar-refractivity contribution is 5.69. The molecule has 0 saturated heterocycles. The third kappa shape index (κ3) is 3.12. The van der Waals surface area contributed by atoms with Crippen LogP contribution in [0.2, 0.25) is 0 Å². The fraction of sp³-hybridized carbons (Fsp3) is 0.250. The summed E-state index contributed by atoms with van der Waals surface area (Å²) in [4.78, 5) is 23.0. The van der Waals surface area contributed by atoms with Gasteiger partial charge >= 0.3 is 12.1 Å². The summed E-state index contributed by atoms with van der Waals surface area (Å²) in [6, 6.07) is 0.987. The van der Waals surface area contributed by atoms with Crippen molar-refractivity contribution in [3.63, 3.8) is 0 Å². The molecule has 0 fully saturated rings. The summed E-state index contributed by atoms with van der Waals surface area (Å²) in [5, 5.41) is 8.35. The normalized spacial score (nSPS) is 11.4. The Hall–Kier alpha value is -1.79. The van der Waals surface area contributed by atoms with E-state index >= 15 is 0 Å². The van der Waals surface area contributed by atoms with Gasteiger partial charge in [-0.1, -0.05) is 0 Å². The maximum Gasteiger partial charge on any atom is 0.416 e. The molecule has 0 spiro atoms. The van der Waals surface area contributed by atoms with Crippen molar-refractivity contribution >= 4 is 5.97 Å². The average Bonchev–Trinajstić information content (AvgIpc) is 1.99. The van der Waals surface area contributed by atoms with Crippen LogP contribution in [-0.2, 0) is 17.4 Å². The number of pyridine rings is 1. The van der Waals surface area contributed by atoms with E-state index in [1.54, 1.807) is 0 Å². The number of alkyl halides is 3. The molecular weight excluding hydrogens is 215 g/mol. The number of H-pyrrole nitrogens is 1. The predicted molar refractivity (Wildman–Crippen MR) is 43.4 cm³/mol. The van der Waals surface area contributed by atoms with Crippen LogP contribution in [0.25, 0.3) is 0 Å². The van der Waals surface area contributed by atoms with E-state index in [0.29, 0.717) is 12.1 Å². The van der Waals surface area contributed by atoms with E-state index in [1.165, 1.54) is 0 Å². The second-order valence-corrected chi connectivity index (χ2v) is 2.83. The topological polar surface area (TPSA) is 70.2 Å². The molecule has 1 heterocycles. The second-order valence-electron chi connectivity index (χ2n) is 2.83. The average molecular weight is 221 g/mol. The van der Waals surface area contributed by atoms with Gasteiger partial charge in [0.1, 0.15) is 0 Å². The molecule has 15 heavy (non-hydrogen) atoms. The molecule has 0 saturated carbocycles. The number of carboxylic acid groups (broad SMARTS) is 1. The molecule has 0 radical (unpaired) electrons. The molecule has 1 rings (SSSR count). The van der Waals surface area contributed by atoms with Crippen LogP contribution in [0.15, 0.2) is 16.9 Å². The van der Waals surface area contributed by atoms with Gasteiger partial charge in [0, 0.05) is 11.8 Å². The molecular formula is C8H6F3NO3. The zero-order chi connectivity index (χ0) is 11.6. The minimum atomic E-state index is -4.65. The van der Waals surface area contributed by atoms with Gasteiger partial charge in [-0.2, -0.15) is 13.2 Å². The summed E-state index contributed by atoms with van der Waals surface area (Å²) in [6.45, 7) is 0. The molecule has 4 nitrogen and oxygen atoms in total. The maximum absolute atomic E-state index is 12.2. The SMILES string of the molecule is O=C(O)Cc1cc(C(F)(F)F)cc(=O)[nH]1. The van der Waals surface area contributed by atoms with E-state index < -0.39 is 29.7 Å². The van der Waals surface area contributed by atoms with Gasteiger partial charge in [0.05, 0.1) is 12.0 Å². The Labute approximate surface area is 81.4 Å². The second kappa shape index (κ2) is 3.76. The first-order valence-electron chi connectivity index (χ1n) is 3.81. The number of halogens is 3. The summed E-state index contributed by atoms with van der Waals surface area (Å²) in [7, 11) is 0. The third-order valence-corrected chi connectivity index (χ3v) is 1.57. The molecule has 0 aromatic carbocycles. The summed E-state index contributed by atoms with van der Waals surface area (Å²) in [5.74, 6) is -1.31. The Balaban J connectivity index is 3.17. The number of aromatic amines is 1. The lowest BCUT2D eigenvalue weighted by Gasteiger charge is -2.06. The number of aromatic nitrogens is 1. The van der Waals surface area contributed by atoms with E-state index in [2.05, 4.69) is 0 Å². The molecule has 0 aliphatic heterocycles. The van der Waals surface area contributed by atoms with Crippen molar-refractivity contribution in [1.29, 1.82) is 0 Å². The van der Waals surface area contributed by atoms with Crippen molar-refractivity contribution in [2.45, 2.75) is 12.6 Å². The molecule has 0 amide bonds. The van der Waals surface area contributed by atoms with Crippen LogP contribution in [0.5, 0.6) is 0 Å². The van der Waals surface area contributed by atoms with Crippen LogP contribution in [0.1, 0.15) is 11.3 Å². The number of hydrogen-bond donors (Lipinski definition) is 2. The summed E-state index contributed by atoms with van der Waals surface area (Å²) in [5.41, 5.74) is -2.40. The van der Waals surface area contributed by atoms with E-state index in [9.17, 15) is 22.8 Å². The van der Waals surface area contributed by atoms with Gasteiger partial charge in [0.15, 0.2) is 0 Å². The molecule has 1 aromatic heterocycles. The van der Waals surface area contributed by atoms with Crippen LogP contribution in [0, 0.1) is 0 Å². The van der Waals surface area contributed by atoms with Gasteiger partial charge in [-0.3, -0.25) is 9.59 Å². The quantitative estimate of drug-likeness (QED) is 0.783. The lowest BCUT2D eigenvalue weighted by molar-refractivity contribution is -0.139. The van der Waals surface area contributed by atoms with Gasteiger partial charge in [0.2, 0.25) is 5.56 Å². The van der Waals surface area contributed by atoms with Gasteiger partial charge in [-0.05, 0) is 6.07 Å². The Morgan fingerprint density at radius 2 is 2.00 bits per heavy atom. The summed E-state index contributed by atoms with van der Waals surface area (Å²) >= 11 is 0. The Morgan fingerprint density at radius 1 is 1.40 bits per heavy atom. The lowest BCUT2D eigenvalue weighted by atomic mass is 10.2. The summed E-state index contributed by atoms with van der Waals surface area (Å²) < 4.78 is 36.6. The van der Waals surface area contributed by atoms with Gasteiger partial charge < -0.3 is 10.1 Å². The number of carboxylic acids is 1. The molecule has 0 aliphatic rings. The van der Waals surface area contributed by atoms with Crippen molar-refractivity contribution < 1.29 is 23.1 Å². The minimum Gasteiger partial charge on any atom is -0.481 e. The van der Waals surface area contributed by atoms with Crippen molar-refractivity contribution in [3.8, 4) is 0 Å². The number of carbonyl (C=O) groups is 1. The molecule has 0 unspecified atom stereocenters. The predicted octanol–water partition coefficient (Wildman–Crippen LogP) is 1.02. The van der Waals surface area contributed by atoms with Crippen molar-refractivity contribution in [2.24, 2.45) is 0 Å². The number of nitrogens with one attached hydrogen (secondary N) is 1. The van der Waals surface area contributed by atoms with Gasteiger partial charge in [0.25, 0.3) is 0 Å². The zero-order valence-electron chi connectivity index (χ0n) is 7.26. The molecule has 0 atom stereocenters. The number of hydrogen-bond acceptors (Lipinski definition) is 2. The highest BCUT2D eigenvalue weighted by Gasteiger charge is 2.31. The zero-order valence-corrected chi connectivity index (χ0v) is 7.26. The molecule has 0 bridgehead atoms. The van der Waals surface area contributed by atoms with Gasteiger partial charge in [-0.15, -0.1) is 0 Å². The van der Waals surface area contributed by atoms with E-state index in [0.717, 1.165) is 0 Å². The van der Waals surface area contributed by atoms with E-state index in [-0.39, 0.29) is 5.69 Å². The molecule has 7 heteroatoms. The molecule has 82 valence electrons. The Bertz CT molecular complexity index is 435. The van der Waals surface area contributed by atoms with Crippen LogP contribution >= 0.6 is 0 Å². The largest absolute Gasteiger partial charge is 0.481 e. The molecule has 2 N–H and O–H groups in total. The highest BCUT2D eigenvalue weighted by Crippen LogP contribution is 2.28. The van der Waals surface area contributed by atoms with Crippen molar-refractivity contribution in [2.75, 3.05) is 0 Å². The maximum atomic E-state index is 12.2. The Kier molecular flexibility index (Phi) is 2.83. The third-order valence-electron chi connectivity index (χ3n) is 1.57. The minimum absolute atomic E-state index is 0.276. The standard InChI is InChI=1S/C8H6F3NO3/c9-8(10,11)4-1-5(3-7(14)15)12-6(13)2-4/h1-2H,3H2,(H,12,13)(H,14,15). The van der Waals surface area contributed by atoms with Crippen LogP contribution in [0.3, 0.4) is 0 Å². The number of rotatable bonds is 2. The van der Waals surface area contributed by atoms with E-state index in [1.807, 2.05) is 4.98 Å². The highest BCUT2D eigenvalue weighted by atomic mass is 19.4. The molecule has 1 aromatic rings. The summed E-state index contributed by atoms with van der Waals surface area (Å²) in [6.07, 6.45) is -5.30.